The summed E-state index contributed by atoms with van der Waals surface area (Å²) in [5.74, 6) is 0. The van der Waals surface area contributed by atoms with Crippen LogP contribution in [0.3, 0.4) is 0 Å². The monoisotopic (exact) mass is 240 g/mol. The van der Waals surface area contributed by atoms with E-state index in [2.05, 4.69) is 36.5 Å². The van der Waals surface area contributed by atoms with Crippen LogP contribution in [0.2, 0.25) is 0 Å². The smallest absolute Gasteiger partial charge is 0.166 e. The molecule has 0 spiro atoms. The largest absolute Gasteiger partial charge is 0.363 e. The van der Waals surface area contributed by atoms with Crippen LogP contribution in [-0.2, 0) is 6.54 Å². The van der Waals surface area contributed by atoms with Gasteiger partial charge in [0.2, 0.25) is 0 Å². The molecule has 0 saturated heterocycles. The molecule has 0 aliphatic rings. The minimum atomic E-state index is 0.383. The quantitative estimate of drug-likeness (QED) is 0.604. The van der Waals surface area contributed by atoms with E-state index >= 15 is 0 Å². The van der Waals surface area contributed by atoms with Crippen LogP contribution in [0.5, 0.6) is 0 Å². The topological polar surface area (TPSA) is 41.9 Å². The van der Waals surface area contributed by atoms with Crippen molar-refractivity contribution in [3.05, 3.63) is 18.0 Å². The van der Waals surface area contributed by atoms with Crippen LogP contribution in [0.25, 0.3) is 0 Å². The van der Waals surface area contributed by atoms with E-state index in [1.807, 2.05) is 16.9 Å². The first-order valence-electron chi connectivity index (χ1n) is 5.62. The van der Waals surface area contributed by atoms with E-state index in [1.54, 1.807) is 0 Å². The Bertz CT molecular complexity index is 332. The molecule has 1 aromatic heterocycles. The molecule has 0 bridgehead atoms. The summed E-state index contributed by atoms with van der Waals surface area (Å²) in [4.78, 5) is 0. The third-order valence-electron chi connectivity index (χ3n) is 2.18. The van der Waals surface area contributed by atoms with Gasteiger partial charge < -0.3 is 10.6 Å². The van der Waals surface area contributed by atoms with Crippen LogP contribution in [0, 0.1) is 6.92 Å². The molecule has 1 aromatic rings. The zero-order chi connectivity index (χ0) is 12.0. The summed E-state index contributed by atoms with van der Waals surface area (Å²) in [6.07, 6.45) is 2.84. The molecule has 0 fully saturated rings. The minimum absolute atomic E-state index is 0.383. The average Bonchev–Trinajstić information content (AvgIpc) is 2.58. The van der Waals surface area contributed by atoms with Crippen LogP contribution in [-0.4, -0.2) is 27.5 Å². The summed E-state index contributed by atoms with van der Waals surface area (Å²) in [6, 6.07) is 2.40. The maximum Gasteiger partial charge on any atom is 0.166 e. The summed E-state index contributed by atoms with van der Waals surface area (Å²) in [7, 11) is 0. The van der Waals surface area contributed by atoms with Gasteiger partial charge in [0.1, 0.15) is 0 Å². The molecule has 16 heavy (non-hydrogen) atoms. The highest BCUT2D eigenvalue weighted by atomic mass is 32.1. The molecular formula is C11H20N4S. The van der Waals surface area contributed by atoms with E-state index in [0.717, 1.165) is 24.6 Å². The Morgan fingerprint density at radius 3 is 2.88 bits per heavy atom. The Hall–Kier alpha value is -1.10. The van der Waals surface area contributed by atoms with Gasteiger partial charge in [0.15, 0.2) is 5.11 Å². The molecular weight excluding hydrogens is 220 g/mol. The molecule has 5 heteroatoms. The molecule has 0 saturated carbocycles. The van der Waals surface area contributed by atoms with Crippen molar-refractivity contribution in [3.8, 4) is 0 Å². The van der Waals surface area contributed by atoms with E-state index in [9.17, 15) is 0 Å². The zero-order valence-corrected chi connectivity index (χ0v) is 11.0. The van der Waals surface area contributed by atoms with Gasteiger partial charge in [0.05, 0.1) is 0 Å². The number of hydrogen-bond donors (Lipinski definition) is 2. The highest BCUT2D eigenvalue weighted by Crippen LogP contribution is 1.96. The van der Waals surface area contributed by atoms with Gasteiger partial charge >= 0.3 is 0 Å². The maximum atomic E-state index is 5.12. The van der Waals surface area contributed by atoms with E-state index in [1.165, 1.54) is 5.69 Å². The zero-order valence-electron chi connectivity index (χ0n) is 10.2. The predicted molar refractivity (Wildman–Crippen MR) is 70.5 cm³/mol. The first-order chi connectivity index (χ1) is 7.59. The lowest BCUT2D eigenvalue weighted by Gasteiger charge is -2.13. The predicted octanol–water partition coefficient (Wildman–Crippen LogP) is 1.45. The van der Waals surface area contributed by atoms with Gasteiger partial charge in [0, 0.05) is 31.0 Å². The molecule has 0 amide bonds. The van der Waals surface area contributed by atoms with Crippen molar-refractivity contribution in [2.45, 2.75) is 39.8 Å². The Labute approximate surface area is 102 Å². The molecule has 0 atom stereocenters. The first kappa shape index (κ1) is 13.0. The number of hydrogen-bond acceptors (Lipinski definition) is 2. The molecule has 1 heterocycles. The molecule has 0 aliphatic heterocycles. The summed E-state index contributed by atoms with van der Waals surface area (Å²) >= 11 is 5.12. The van der Waals surface area contributed by atoms with E-state index in [0.29, 0.717) is 6.04 Å². The summed E-state index contributed by atoms with van der Waals surface area (Å²) in [5, 5.41) is 11.3. The highest BCUT2D eigenvalue weighted by molar-refractivity contribution is 7.80. The second kappa shape index (κ2) is 6.48. The lowest BCUT2D eigenvalue weighted by molar-refractivity contribution is 0.558. The fourth-order valence-corrected chi connectivity index (χ4v) is 1.71. The van der Waals surface area contributed by atoms with E-state index < -0.39 is 0 Å². The standard InChI is InChI=1S/C11H20N4S/c1-9(2)14-11(16)12-6-4-8-15-10(3)5-7-13-15/h5,7,9H,4,6,8H2,1-3H3,(H2,12,14,16). The molecule has 0 radical (unpaired) electrons. The average molecular weight is 240 g/mol. The van der Waals surface area contributed by atoms with Gasteiger partial charge in [-0.2, -0.15) is 5.10 Å². The van der Waals surface area contributed by atoms with Crippen molar-refractivity contribution in [3.63, 3.8) is 0 Å². The number of aryl methyl sites for hydroxylation is 2. The van der Waals surface area contributed by atoms with Crippen LogP contribution in [0.1, 0.15) is 26.0 Å². The third kappa shape index (κ3) is 4.61. The SMILES string of the molecule is Cc1ccnn1CCCNC(=S)NC(C)C. The number of aromatic nitrogens is 2. The maximum absolute atomic E-state index is 5.12. The van der Waals surface area contributed by atoms with Crippen molar-refractivity contribution >= 4 is 17.3 Å². The van der Waals surface area contributed by atoms with Gasteiger partial charge in [-0.1, -0.05) is 0 Å². The number of nitrogens with zero attached hydrogens (tertiary/aromatic N) is 2. The highest BCUT2D eigenvalue weighted by Gasteiger charge is 1.98. The van der Waals surface area contributed by atoms with E-state index in [4.69, 9.17) is 12.2 Å². The van der Waals surface area contributed by atoms with Gasteiger partial charge in [-0.3, -0.25) is 4.68 Å². The summed E-state index contributed by atoms with van der Waals surface area (Å²) < 4.78 is 2.00. The van der Waals surface area contributed by atoms with Crippen LogP contribution >= 0.6 is 12.2 Å². The van der Waals surface area contributed by atoms with Crippen molar-refractivity contribution in [1.29, 1.82) is 0 Å². The first-order valence-corrected chi connectivity index (χ1v) is 6.03. The lowest BCUT2D eigenvalue weighted by atomic mass is 10.4. The molecule has 0 aromatic carbocycles. The van der Waals surface area contributed by atoms with Crippen molar-refractivity contribution in [2.24, 2.45) is 0 Å². The van der Waals surface area contributed by atoms with Gasteiger partial charge in [-0.15, -0.1) is 0 Å². The fourth-order valence-electron chi connectivity index (χ4n) is 1.38. The molecule has 4 nitrogen and oxygen atoms in total. The minimum Gasteiger partial charge on any atom is -0.363 e. The van der Waals surface area contributed by atoms with Crippen LogP contribution in [0.15, 0.2) is 12.3 Å². The van der Waals surface area contributed by atoms with Gasteiger partial charge in [0.25, 0.3) is 0 Å². The number of thiocarbonyl (C=S) groups is 1. The molecule has 0 unspecified atom stereocenters. The molecule has 90 valence electrons. The van der Waals surface area contributed by atoms with Crippen molar-refractivity contribution in [2.75, 3.05) is 6.54 Å². The fraction of sp³-hybridized carbons (Fsp3) is 0.636. The number of rotatable bonds is 5. The second-order valence-electron chi connectivity index (χ2n) is 4.10. The van der Waals surface area contributed by atoms with Crippen molar-refractivity contribution in [1.82, 2.24) is 20.4 Å². The normalized spacial score (nSPS) is 10.5. The third-order valence-corrected chi connectivity index (χ3v) is 2.44. The summed E-state index contributed by atoms with van der Waals surface area (Å²) in [5.41, 5.74) is 1.20. The Kier molecular flexibility index (Phi) is 5.25. The summed E-state index contributed by atoms with van der Waals surface area (Å²) in [6.45, 7) is 8.00. The molecule has 0 aliphatic carbocycles. The second-order valence-corrected chi connectivity index (χ2v) is 4.51. The van der Waals surface area contributed by atoms with Crippen LogP contribution < -0.4 is 10.6 Å². The Morgan fingerprint density at radius 1 is 1.56 bits per heavy atom. The Morgan fingerprint density at radius 2 is 2.31 bits per heavy atom. The van der Waals surface area contributed by atoms with Crippen molar-refractivity contribution < 1.29 is 0 Å². The van der Waals surface area contributed by atoms with E-state index in [-0.39, 0.29) is 0 Å². The number of nitrogens with one attached hydrogen (secondary N) is 2. The van der Waals surface area contributed by atoms with Crippen LogP contribution in [0.4, 0.5) is 0 Å². The molecule has 1 rings (SSSR count). The Balaban J connectivity index is 2.13. The van der Waals surface area contributed by atoms with Gasteiger partial charge in [-0.05, 0) is 45.5 Å². The van der Waals surface area contributed by atoms with Gasteiger partial charge in [-0.25, -0.2) is 0 Å². The molecule has 2 N–H and O–H groups in total. The lowest BCUT2D eigenvalue weighted by Crippen LogP contribution is -2.39.